The van der Waals surface area contributed by atoms with Crippen molar-refractivity contribution in [2.75, 3.05) is 6.61 Å². The molecule has 0 bridgehead atoms. The fourth-order valence-electron chi connectivity index (χ4n) is 6.60. The molecular formula is C30H32O2. The highest BCUT2D eigenvalue weighted by molar-refractivity contribution is 5.63. The van der Waals surface area contributed by atoms with Crippen LogP contribution in [0.15, 0.2) is 78.9 Å². The van der Waals surface area contributed by atoms with Crippen molar-refractivity contribution < 1.29 is 9.47 Å². The van der Waals surface area contributed by atoms with Crippen LogP contribution in [0.1, 0.15) is 61.0 Å². The van der Waals surface area contributed by atoms with Gasteiger partial charge in [-0.1, -0.05) is 97.3 Å². The number of hydrogen-bond acceptors (Lipinski definition) is 2. The summed E-state index contributed by atoms with van der Waals surface area (Å²) in [7, 11) is 0. The standard InChI is InChI=1S/C30H32O2/c1-21-10-12-24(13-11-21)29-27-18-20-31-30(27)19-6-5-9-26(30)28(32-29)25-16-14-23(15-17-25)22-7-3-2-4-8-22/h2-4,7-8,10-17,26-29H,5-6,9,18-20H2,1H3/t26-,27-,28-,29+,30-/m0/s1. The smallest absolute Gasteiger partial charge is 0.0890 e. The second kappa shape index (κ2) is 8.17. The van der Waals surface area contributed by atoms with Gasteiger partial charge in [0.15, 0.2) is 0 Å². The van der Waals surface area contributed by atoms with Crippen molar-refractivity contribution in [1.29, 1.82) is 0 Å². The Hall–Kier alpha value is -2.42. The van der Waals surface area contributed by atoms with E-state index in [1.165, 1.54) is 53.5 Å². The molecule has 0 unspecified atom stereocenters. The van der Waals surface area contributed by atoms with Gasteiger partial charge in [0.1, 0.15) is 0 Å². The quantitative estimate of drug-likeness (QED) is 0.435. The van der Waals surface area contributed by atoms with Crippen molar-refractivity contribution >= 4 is 0 Å². The molecule has 2 heterocycles. The minimum Gasteiger partial charge on any atom is -0.374 e. The van der Waals surface area contributed by atoms with Crippen LogP contribution in [0.4, 0.5) is 0 Å². The molecule has 1 aliphatic carbocycles. The number of hydrogen-bond donors (Lipinski definition) is 0. The van der Waals surface area contributed by atoms with Gasteiger partial charge < -0.3 is 9.47 Å². The lowest BCUT2D eigenvalue weighted by Gasteiger charge is -2.54. The van der Waals surface area contributed by atoms with Gasteiger partial charge in [-0.05, 0) is 48.4 Å². The van der Waals surface area contributed by atoms with Gasteiger partial charge >= 0.3 is 0 Å². The molecule has 3 aliphatic rings. The summed E-state index contributed by atoms with van der Waals surface area (Å²) in [6.07, 6.45) is 6.21. The first-order chi connectivity index (χ1) is 15.7. The van der Waals surface area contributed by atoms with Gasteiger partial charge in [-0.25, -0.2) is 0 Å². The second-order valence-corrected chi connectivity index (χ2v) is 9.93. The molecule has 6 rings (SSSR count). The molecule has 32 heavy (non-hydrogen) atoms. The number of aryl methyl sites for hydroxylation is 1. The molecule has 3 aromatic rings. The Morgan fingerprint density at radius 2 is 1.31 bits per heavy atom. The second-order valence-electron chi connectivity index (χ2n) is 9.93. The minimum absolute atomic E-state index is 0.0329. The molecule has 0 radical (unpaired) electrons. The fraction of sp³-hybridized carbons (Fsp3) is 0.400. The average Bonchev–Trinajstić information content (AvgIpc) is 3.28. The van der Waals surface area contributed by atoms with E-state index in [1.807, 2.05) is 0 Å². The zero-order chi connectivity index (χ0) is 21.5. The lowest BCUT2D eigenvalue weighted by Crippen LogP contribution is -2.54. The summed E-state index contributed by atoms with van der Waals surface area (Å²) in [5.74, 6) is 0.892. The molecule has 2 saturated heterocycles. The zero-order valence-corrected chi connectivity index (χ0v) is 18.9. The first kappa shape index (κ1) is 20.2. The molecule has 2 nitrogen and oxygen atoms in total. The molecule has 2 heteroatoms. The lowest BCUT2D eigenvalue weighted by atomic mass is 9.61. The molecule has 164 valence electrons. The van der Waals surface area contributed by atoms with E-state index in [-0.39, 0.29) is 17.8 Å². The normalized spacial score (nSPS) is 31.7. The molecular weight excluding hydrogens is 392 g/mol. The highest BCUT2D eigenvalue weighted by Gasteiger charge is 2.60. The summed E-state index contributed by atoms with van der Waals surface area (Å²) in [6, 6.07) is 28.7. The fourth-order valence-corrected chi connectivity index (χ4v) is 6.60. The highest BCUT2D eigenvalue weighted by atomic mass is 16.5. The highest BCUT2D eigenvalue weighted by Crippen LogP contribution is 2.61. The summed E-state index contributed by atoms with van der Waals surface area (Å²) in [4.78, 5) is 0. The lowest BCUT2D eigenvalue weighted by molar-refractivity contribution is -0.229. The van der Waals surface area contributed by atoms with Gasteiger partial charge in [-0.2, -0.15) is 0 Å². The van der Waals surface area contributed by atoms with Gasteiger partial charge in [0.2, 0.25) is 0 Å². The van der Waals surface area contributed by atoms with E-state index in [9.17, 15) is 0 Å². The monoisotopic (exact) mass is 424 g/mol. The van der Waals surface area contributed by atoms with Gasteiger partial charge in [0, 0.05) is 18.4 Å². The summed E-state index contributed by atoms with van der Waals surface area (Å²) >= 11 is 0. The van der Waals surface area contributed by atoms with Crippen LogP contribution in [0.2, 0.25) is 0 Å². The summed E-state index contributed by atoms with van der Waals surface area (Å²) < 4.78 is 13.7. The van der Waals surface area contributed by atoms with Crippen molar-refractivity contribution in [2.45, 2.75) is 56.8 Å². The van der Waals surface area contributed by atoms with Crippen molar-refractivity contribution in [3.05, 3.63) is 95.6 Å². The van der Waals surface area contributed by atoms with Crippen LogP contribution in [0.25, 0.3) is 11.1 Å². The van der Waals surface area contributed by atoms with E-state index >= 15 is 0 Å². The third-order valence-corrected chi connectivity index (χ3v) is 8.16. The SMILES string of the molecule is Cc1ccc([C@H]2O[C@@H](c3ccc(-c4ccccc4)cc3)[C@@H]3CCCC[C@]34OCC[C@@H]24)cc1. The molecule has 1 spiro atoms. The maximum atomic E-state index is 7.04. The zero-order valence-electron chi connectivity index (χ0n) is 18.9. The molecule has 3 fully saturated rings. The van der Waals surface area contributed by atoms with Crippen molar-refractivity contribution in [1.82, 2.24) is 0 Å². The Morgan fingerprint density at radius 1 is 0.688 bits per heavy atom. The van der Waals surface area contributed by atoms with E-state index in [0.29, 0.717) is 11.8 Å². The Balaban J connectivity index is 1.38. The van der Waals surface area contributed by atoms with Gasteiger partial charge in [-0.3, -0.25) is 0 Å². The first-order valence-electron chi connectivity index (χ1n) is 12.3. The van der Waals surface area contributed by atoms with Gasteiger partial charge in [0.25, 0.3) is 0 Å². The first-order valence-corrected chi connectivity index (χ1v) is 12.3. The van der Waals surface area contributed by atoms with E-state index in [2.05, 4.69) is 85.8 Å². The number of benzene rings is 3. The molecule has 2 aliphatic heterocycles. The Labute approximate surface area is 191 Å². The summed E-state index contributed by atoms with van der Waals surface area (Å²) in [6.45, 7) is 3.02. The van der Waals surface area contributed by atoms with Crippen molar-refractivity contribution in [3.63, 3.8) is 0 Å². The summed E-state index contributed by atoms with van der Waals surface area (Å²) in [5.41, 5.74) is 6.38. The van der Waals surface area contributed by atoms with Crippen LogP contribution in [0.3, 0.4) is 0 Å². The Bertz CT molecular complexity index is 1060. The predicted octanol–water partition coefficient (Wildman–Crippen LogP) is 7.44. The van der Waals surface area contributed by atoms with Crippen LogP contribution in [0.5, 0.6) is 0 Å². The van der Waals surface area contributed by atoms with E-state index in [1.54, 1.807) is 0 Å². The van der Waals surface area contributed by atoms with Crippen molar-refractivity contribution in [3.8, 4) is 11.1 Å². The largest absolute Gasteiger partial charge is 0.374 e. The molecule has 0 aromatic heterocycles. The van der Waals surface area contributed by atoms with Crippen LogP contribution >= 0.6 is 0 Å². The Morgan fingerprint density at radius 3 is 2.03 bits per heavy atom. The molecule has 0 amide bonds. The van der Waals surface area contributed by atoms with Crippen molar-refractivity contribution in [2.24, 2.45) is 11.8 Å². The minimum atomic E-state index is -0.0329. The molecule has 3 aromatic carbocycles. The number of rotatable bonds is 3. The van der Waals surface area contributed by atoms with E-state index < -0.39 is 0 Å². The van der Waals surface area contributed by atoms with E-state index in [4.69, 9.17) is 9.47 Å². The van der Waals surface area contributed by atoms with Gasteiger partial charge in [0.05, 0.1) is 17.8 Å². The van der Waals surface area contributed by atoms with Crippen LogP contribution in [0, 0.1) is 18.8 Å². The summed E-state index contributed by atoms with van der Waals surface area (Å²) in [5, 5.41) is 0. The topological polar surface area (TPSA) is 18.5 Å². The predicted molar refractivity (Wildman–Crippen MR) is 128 cm³/mol. The molecule has 5 atom stereocenters. The van der Waals surface area contributed by atoms with Gasteiger partial charge in [-0.15, -0.1) is 0 Å². The number of ether oxygens (including phenoxy) is 2. The third-order valence-electron chi connectivity index (χ3n) is 8.16. The maximum Gasteiger partial charge on any atom is 0.0890 e. The third kappa shape index (κ3) is 3.32. The Kier molecular flexibility index (Phi) is 5.16. The maximum absolute atomic E-state index is 7.04. The van der Waals surface area contributed by atoms with Crippen LogP contribution in [-0.2, 0) is 9.47 Å². The van der Waals surface area contributed by atoms with E-state index in [0.717, 1.165) is 13.0 Å². The molecule has 0 N–H and O–H groups in total. The van der Waals surface area contributed by atoms with Crippen LogP contribution < -0.4 is 0 Å². The average molecular weight is 425 g/mol. The van der Waals surface area contributed by atoms with Crippen LogP contribution in [-0.4, -0.2) is 12.2 Å². The molecule has 1 saturated carbocycles.